The largest absolute Gasteiger partial charge is 0.388 e. The van der Waals surface area contributed by atoms with Gasteiger partial charge in [0.1, 0.15) is 0 Å². The van der Waals surface area contributed by atoms with Crippen molar-refractivity contribution in [3.8, 4) is 0 Å². The Morgan fingerprint density at radius 3 is 2.67 bits per heavy atom. The van der Waals surface area contributed by atoms with Crippen molar-refractivity contribution < 1.29 is 5.11 Å². The summed E-state index contributed by atoms with van der Waals surface area (Å²) in [6, 6.07) is 13.6. The standard InChI is InChI=1S/C14H11BrClIO/c15-11-5-4-9(13(16)8-11)7-14(18)10-2-1-3-12(17)6-10/h1-6,8,14,18H,7H2. The van der Waals surface area contributed by atoms with Gasteiger partial charge in [-0.25, -0.2) is 0 Å². The van der Waals surface area contributed by atoms with Gasteiger partial charge in [-0.1, -0.05) is 45.7 Å². The van der Waals surface area contributed by atoms with Gasteiger partial charge < -0.3 is 5.11 Å². The third kappa shape index (κ3) is 3.70. The normalized spacial score (nSPS) is 12.4. The van der Waals surface area contributed by atoms with Crippen molar-refractivity contribution in [2.24, 2.45) is 0 Å². The topological polar surface area (TPSA) is 20.2 Å². The molecule has 0 amide bonds. The molecule has 2 aromatic rings. The van der Waals surface area contributed by atoms with Crippen LogP contribution in [-0.4, -0.2) is 5.11 Å². The van der Waals surface area contributed by atoms with Crippen LogP contribution in [0.4, 0.5) is 0 Å². The van der Waals surface area contributed by atoms with Gasteiger partial charge in [-0.15, -0.1) is 0 Å². The summed E-state index contributed by atoms with van der Waals surface area (Å²) in [4.78, 5) is 0. The van der Waals surface area contributed by atoms with Crippen molar-refractivity contribution in [2.45, 2.75) is 12.5 Å². The summed E-state index contributed by atoms with van der Waals surface area (Å²) in [6.07, 6.45) is -0.00922. The Kier molecular flexibility index (Phi) is 5.06. The van der Waals surface area contributed by atoms with Crippen LogP contribution in [0.5, 0.6) is 0 Å². The van der Waals surface area contributed by atoms with Gasteiger partial charge in [-0.2, -0.15) is 0 Å². The van der Waals surface area contributed by atoms with E-state index in [1.54, 1.807) is 0 Å². The smallest absolute Gasteiger partial charge is 0.0831 e. The van der Waals surface area contributed by atoms with Crippen LogP contribution in [0.25, 0.3) is 0 Å². The van der Waals surface area contributed by atoms with Crippen LogP contribution in [-0.2, 0) is 6.42 Å². The van der Waals surface area contributed by atoms with E-state index in [-0.39, 0.29) is 0 Å². The second-order valence-corrected chi connectivity index (χ2v) is 6.58. The van der Waals surface area contributed by atoms with E-state index in [2.05, 4.69) is 38.5 Å². The van der Waals surface area contributed by atoms with Crippen molar-refractivity contribution >= 4 is 50.1 Å². The van der Waals surface area contributed by atoms with E-state index in [1.807, 2.05) is 42.5 Å². The van der Waals surface area contributed by atoms with E-state index < -0.39 is 6.10 Å². The SMILES string of the molecule is OC(Cc1ccc(Br)cc1Cl)c1cccc(I)c1. The molecule has 0 heterocycles. The Bertz CT molecular complexity index is 559. The van der Waals surface area contributed by atoms with Gasteiger partial charge in [0, 0.05) is 19.5 Å². The Hall–Kier alpha value is -0.100. The average molecular weight is 438 g/mol. The molecule has 0 aromatic heterocycles. The van der Waals surface area contributed by atoms with E-state index in [1.165, 1.54) is 0 Å². The molecule has 2 rings (SSSR count). The second-order valence-electron chi connectivity index (χ2n) is 4.01. The predicted molar refractivity (Wildman–Crippen MR) is 87.0 cm³/mol. The minimum atomic E-state index is -0.529. The van der Waals surface area contributed by atoms with Crippen molar-refractivity contribution in [3.05, 3.63) is 66.7 Å². The third-order valence-corrected chi connectivity index (χ3v) is 4.18. The highest BCUT2D eigenvalue weighted by molar-refractivity contribution is 14.1. The van der Waals surface area contributed by atoms with Gasteiger partial charge in [-0.3, -0.25) is 0 Å². The zero-order valence-corrected chi connectivity index (χ0v) is 13.9. The molecule has 4 heteroatoms. The lowest BCUT2D eigenvalue weighted by atomic mass is 10.0. The molecule has 1 N–H and O–H groups in total. The second kappa shape index (κ2) is 6.37. The molecule has 2 aromatic carbocycles. The van der Waals surface area contributed by atoms with E-state index in [9.17, 15) is 5.11 Å². The first kappa shape index (κ1) is 14.3. The molecule has 0 radical (unpaired) electrons. The number of benzene rings is 2. The summed E-state index contributed by atoms with van der Waals surface area (Å²) in [6.45, 7) is 0. The van der Waals surface area contributed by atoms with Gasteiger partial charge in [0.05, 0.1) is 6.10 Å². The zero-order valence-electron chi connectivity index (χ0n) is 9.41. The van der Waals surface area contributed by atoms with Gasteiger partial charge >= 0.3 is 0 Å². The summed E-state index contributed by atoms with van der Waals surface area (Å²) < 4.78 is 2.06. The maximum Gasteiger partial charge on any atom is 0.0831 e. The lowest BCUT2D eigenvalue weighted by Crippen LogP contribution is -2.02. The quantitative estimate of drug-likeness (QED) is 0.672. The minimum absolute atomic E-state index is 0.520. The van der Waals surface area contributed by atoms with Crippen LogP contribution in [0.1, 0.15) is 17.2 Å². The number of aliphatic hydroxyl groups excluding tert-OH is 1. The highest BCUT2D eigenvalue weighted by atomic mass is 127. The monoisotopic (exact) mass is 436 g/mol. The fourth-order valence-corrected chi connectivity index (χ4v) is 3.05. The summed E-state index contributed by atoms with van der Waals surface area (Å²) >= 11 is 11.8. The van der Waals surface area contributed by atoms with Crippen LogP contribution in [0.3, 0.4) is 0 Å². The molecule has 94 valence electrons. The number of rotatable bonds is 3. The first-order valence-corrected chi connectivity index (χ1v) is 7.68. The molecule has 1 nitrogen and oxygen atoms in total. The van der Waals surface area contributed by atoms with E-state index in [0.29, 0.717) is 11.4 Å². The van der Waals surface area contributed by atoms with Crippen LogP contribution < -0.4 is 0 Å². The van der Waals surface area contributed by atoms with E-state index in [4.69, 9.17) is 11.6 Å². The minimum Gasteiger partial charge on any atom is -0.388 e. The Morgan fingerprint density at radius 1 is 1.22 bits per heavy atom. The van der Waals surface area contributed by atoms with Crippen molar-refractivity contribution in [1.29, 1.82) is 0 Å². The molecule has 0 aliphatic heterocycles. The molecule has 1 atom stereocenters. The summed E-state index contributed by atoms with van der Waals surface area (Å²) in [5, 5.41) is 10.9. The van der Waals surface area contributed by atoms with Gasteiger partial charge in [-0.05, 0) is 58.0 Å². The lowest BCUT2D eigenvalue weighted by Gasteiger charge is -2.12. The molecular formula is C14H11BrClIO. The Morgan fingerprint density at radius 2 is 2.00 bits per heavy atom. The molecular weight excluding hydrogens is 426 g/mol. The lowest BCUT2D eigenvalue weighted by molar-refractivity contribution is 0.178. The molecule has 0 aliphatic rings. The van der Waals surface area contributed by atoms with Crippen LogP contribution in [0.2, 0.25) is 5.02 Å². The number of hydrogen-bond acceptors (Lipinski definition) is 1. The molecule has 0 saturated heterocycles. The first-order chi connectivity index (χ1) is 8.56. The maximum atomic E-state index is 10.2. The third-order valence-electron chi connectivity index (χ3n) is 2.66. The predicted octanol–water partition coefficient (Wildman–Crippen LogP) is 4.98. The maximum absolute atomic E-state index is 10.2. The van der Waals surface area contributed by atoms with Crippen molar-refractivity contribution in [1.82, 2.24) is 0 Å². The van der Waals surface area contributed by atoms with Gasteiger partial charge in [0.25, 0.3) is 0 Å². The van der Waals surface area contributed by atoms with Crippen molar-refractivity contribution in [3.63, 3.8) is 0 Å². The number of hydrogen-bond donors (Lipinski definition) is 1. The summed E-state index contributed by atoms with van der Waals surface area (Å²) in [5.41, 5.74) is 1.87. The van der Waals surface area contributed by atoms with E-state index >= 15 is 0 Å². The van der Waals surface area contributed by atoms with E-state index in [0.717, 1.165) is 19.2 Å². The van der Waals surface area contributed by atoms with Crippen molar-refractivity contribution in [2.75, 3.05) is 0 Å². The van der Waals surface area contributed by atoms with Crippen LogP contribution in [0, 0.1) is 3.57 Å². The average Bonchev–Trinajstić information content (AvgIpc) is 2.32. The molecule has 0 bridgehead atoms. The molecule has 0 fully saturated rings. The first-order valence-electron chi connectivity index (χ1n) is 5.44. The molecule has 0 saturated carbocycles. The fraction of sp³-hybridized carbons (Fsp3) is 0.143. The molecule has 0 spiro atoms. The molecule has 0 aliphatic carbocycles. The Balaban J connectivity index is 2.18. The van der Waals surface area contributed by atoms with Crippen LogP contribution in [0.15, 0.2) is 46.9 Å². The van der Waals surface area contributed by atoms with Gasteiger partial charge in [0.2, 0.25) is 0 Å². The fourth-order valence-electron chi connectivity index (χ4n) is 1.73. The molecule has 18 heavy (non-hydrogen) atoms. The number of halogens is 3. The highest BCUT2D eigenvalue weighted by Crippen LogP contribution is 2.26. The summed E-state index contributed by atoms with van der Waals surface area (Å²) in [5.74, 6) is 0. The zero-order chi connectivity index (χ0) is 13.1. The molecule has 1 unspecified atom stereocenters. The number of aliphatic hydroxyl groups is 1. The summed E-state index contributed by atoms with van der Waals surface area (Å²) in [7, 11) is 0. The highest BCUT2D eigenvalue weighted by Gasteiger charge is 2.11. The van der Waals surface area contributed by atoms with Crippen LogP contribution >= 0.6 is 50.1 Å². The van der Waals surface area contributed by atoms with Gasteiger partial charge in [0.15, 0.2) is 0 Å². The Labute approximate surface area is 133 Å².